The van der Waals surface area contributed by atoms with Gasteiger partial charge in [0.25, 0.3) is 11.9 Å². The molecule has 0 saturated carbocycles. The van der Waals surface area contributed by atoms with E-state index < -0.39 is 29.5 Å². The Kier molecular flexibility index (Phi) is 12.9. The number of halogens is 1. The van der Waals surface area contributed by atoms with E-state index in [4.69, 9.17) is 40.1 Å². The molecule has 3 N–H and O–H groups in total. The van der Waals surface area contributed by atoms with E-state index in [0.717, 1.165) is 27.2 Å². The normalized spacial score (nSPS) is 12.2. The summed E-state index contributed by atoms with van der Waals surface area (Å²) in [5.41, 5.74) is 0.231. The number of aliphatic carboxylic acids is 1. The van der Waals surface area contributed by atoms with Gasteiger partial charge in [0.15, 0.2) is 10.9 Å². The van der Waals surface area contributed by atoms with Crippen molar-refractivity contribution in [3.05, 3.63) is 87.6 Å². The SMILES string of the molecule is COc1ccc(COc2cc(C(O/N=C(\C(=O)O)c3nc(NC(=O)OC(C)(C)C)sc3Cl)C(C)C)[n+](O)cc2OCc2ccc(OC)cc2)cc1. The predicted octanol–water partition coefficient (Wildman–Crippen LogP) is 7.05. The van der Waals surface area contributed by atoms with Crippen molar-refractivity contribution < 1.29 is 53.2 Å². The largest absolute Gasteiger partial charge is 0.497 e. The van der Waals surface area contributed by atoms with Crippen LogP contribution in [0.25, 0.3) is 0 Å². The molecule has 2 aromatic heterocycles. The molecule has 1 atom stereocenters. The molecule has 2 aromatic carbocycles. The van der Waals surface area contributed by atoms with E-state index in [1.165, 1.54) is 12.3 Å². The number of ether oxygens (including phenoxy) is 5. The highest BCUT2D eigenvalue weighted by Crippen LogP contribution is 2.34. The zero-order chi connectivity index (χ0) is 37.3. The highest BCUT2D eigenvalue weighted by Gasteiger charge is 2.33. The van der Waals surface area contributed by atoms with Gasteiger partial charge in [-0.25, -0.2) is 14.6 Å². The van der Waals surface area contributed by atoms with Gasteiger partial charge in [-0.05, 0) is 56.2 Å². The van der Waals surface area contributed by atoms with Gasteiger partial charge in [-0.1, -0.05) is 66.2 Å². The topological polar surface area (TPSA) is 171 Å². The number of carboxylic acids is 1. The first-order valence-electron chi connectivity index (χ1n) is 15.6. The Morgan fingerprint density at radius 1 is 0.961 bits per heavy atom. The first-order chi connectivity index (χ1) is 24.2. The minimum absolute atomic E-state index is 0.00399. The number of rotatable bonds is 15. The smallest absolute Gasteiger partial charge is 0.413 e. The van der Waals surface area contributed by atoms with Crippen molar-refractivity contribution in [3.63, 3.8) is 0 Å². The zero-order valence-corrected chi connectivity index (χ0v) is 30.7. The average molecular weight is 744 g/mol. The molecule has 2 heterocycles. The predicted molar refractivity (Wildman–Crippen MR) is 188 cm³/mol. The minimum Gasteiger partial charge on any atom is -0.497 e. The summed E-state index contributed by atoms with van der Waals surface area (Å²) in [5.74, 6) is 0.0504. The first-order valence-corrected chi connectivity index (χ1v) is 16.8. The third kappa shape index (κ3) is 10.9. The Bertz CT molecular complexity index is 1840. The molecular formula is C35H40ClN4O10S+. The van der Waals surface area contributed by atoms with Crippen LogP contribution in [0, 0.1) is 5.92 Å². The molecule has 1 amide bonds. The number of oxime groups is 1. The maximum atomic E-state index is 12.3. The van der Waals surface area contributed by atoms with Gasteiger partial charge in [0, 0.05) is 10.6 Å². The summed E-state index contributed by atoms with van der Waals surface area (Å²) in [6.07, 6.45) is -0.465. The van der Waals surface area contributed by atoms with Crippen LogP contribution >= 0.6 is 22.9 Å². The number of nitrogens with zero attached hydrogens (tertiary/aromatic N) is 3. The second kappa shape index (κ2) is 17.1. The summed E-state index contributed by atoms with van der Waals surface area (Å²) in [7, 11) is 3.16. The number of amides is 1. The van der Waals surface area contributed by atoms with Crippen molar-refractivity contribution in [3.8, 4) is 23.0 Å². The van der Waals surface area contributed by atoms with Crippen molar-refractivity contribution in [2.75, 3.05) is 19.5 Å². The van der Waals surface area contributed by atoms with E-state index in [9.17, 15) is 19.9 Å². The number of hydrogen-bond acceptors (Lipinski definition) is 12. The molecule has 0 spiro atoms. The molecule has 0 aliphatic carbocycles. The van der Waals surface area contributed by atoms with Crippen LogP contribution in [0.3, 0.4) is 0 Å². The Morgan fingerprint density at radius 2 is 1.51 bits per heavy atom. The van der Waals surface area contributed by atoms with Crippen LogP contribution in [0.2, 0.25) is 4.34 Å². The summed E-state index contributed by atoms with van der Waals surface area (Å²) in [5, 5.41) is 27.5. The van der Waals surface area contributed by atoms with Crippen LogP contribution in [-0.2, 0) is 27.6 Å². The van der Waals surface area contributed by atoms with E-state index >= 15 is 0 Å². The molecule has 0 aliphatic heterocycles. The number of methoxy groups -OCH3 is 2. The monoisotopic (exact) mass is 743 g/mol. The van der Waals surface area contributed by atoms with Crippen molar-refractivity contribution in [2.45, 2.75) is 59.5 Å². The molecule has 51 heavy (non-hydrogen) atoms. The molecule has 1 unspecified atom stereocenters. The van der Waals surface area contributed by atoms with E-state index in [1.54, 1.807) is 48.8 Å². The maximum Gasteiger partial charge on any atom is 0.413 e. The van der Waals surface area contributed by atoms with Crippen molar-refractivity contribution in [2.24, 2.45) is 11.1 Å². The molecule has 0 fully saturated rings. The number of carbonyl (C=O) groups is 2. The average Bonchev–Trinajstić information content (AvgIpc) is 3.43. The van der Waals surface area contributed by atoms with E-state index in [-0.39, 0.29) is 51.5 Å². The Labute approximate surface area is 304 Å². The molecular weight excluding hydrogens is 704 g/mol. The van der Waals surface area contributed by atoms with Gasteiger partial charge in [-0.2, -0.15) is 0 Å². The Morgan fingerprint density at radius 3 is 2.00 bits per heavy atom. The summed E-state index contributed by atoms with van der Waals surface area (Å²) >= 11 is 7.15. The molecule has 4 aromatic rings. The van der Waals surface area contributed by atoms with Crippen LogP contribution in [-0.4, -0.2) is 52.9 Å². The lowest BCUT2D eigenvalue weighted by atomic mass is 10.0. The molecule has 16 heteroatoms. The number of hydrogen-bond donors (Lipinski definition) is 3. The fourth-order valence-corrected chi connectivity index (χ4v) is 5.45. The standard InChI is InChI=1S/C35H39ClN4O10S/c1-20(2)30(50-39-29(32(41)42)28-31(36)51-33(37-28)38-34(43)49-35(3,4)5)25-16-26(47-18-21-8-12-23(45-6)13-9-21)27(17-40(25)44)48-19-22-10-14-24(46-7)15-11-22/h8-17,20,30H,18-19H2,1-7H3,(H2-,37,38,41,42,43,44)/p+1/b39-29-. The summed E-state index contributed by atoms with van der Waals surface area (Å²) in [6.45, 7) is 8.97. The third-order valence-electron chi connectivity index (χ3n) is 6.91. The van der Waals surface area contributed by atoms with Gasteiger partial charge >= 0.3 is 12.1 Å². The van der Waals surface area contributed by atoms with Crippen LogP contribution < -0.4 is 29.0 Å². The number of carboxylic acid groups (broad SMARTS) is 1. The summed E-state index contributed by atoms with van der Waals surface area (Å²) < 4.78 is 28.7. The number of carbonyl (C=O) groups excluding carboxylic acids is 1. The van der Waals surface area contributed by atoms with Gasteiger partial charge in [-0.15, -0.1) is 0 Å². The highest BCUT2D eigenvalue weighted by molar-refractivity contribution is 7.20. The van der Waals surface area contributed by atoms with Crippen molar-refractivity contribution in [1.82, 2.24) is 4.98 Å². The molecule has 0 aliphatic rings. The van der Waals surface area contributed by atoms with Gasteiger partial charge in [-0.3, -0.25) is 10.5 Å². The van der Waals surface area contributed by atoms with Gasteiger partial charge < -0.3 is 33.6 Å². The summed E-state index contributed by atoms with van der Waals surface area (Å²) in [4.78, 5) is 34.5. The van der Waals surface area contributed by atoms with Crippen LogP contribution in [0.5, 0.6) is 23.0 Å². The lowest BCUT2D eigenvalue weighted by Gasteiger charge is -2.18. The first kappa shape index (κ1) is 38.5. The molecule has 4 rings (SSSR count). The zero-order valence-electron chi connectivity index (χ0n) is 29.1. The number of thiazole rings is 1. The van der Waals surface area contributed by atoms with Crippen molar-refractivity contribution in [1.29, 1.82) is 0 Å². The second-order valence-corrected chi connectivity index (χ2v) is 13.9. The minimum atomic E-state index is -1.49. The Balaban J connectivity index is 1.64. The molecule has 0 radical (unpaired) electrons. The third-order valence-corrected chi connectivity index (χ3v) is 8.08. The molecule has 14 nitrogen and oxygen atoms in total. The van der Waals surface area contributed by atoms with Crippen LogP contribution in [0.15, 0.2) is 65.9 Å². The fourth-order valence-electron chi connectivity index (χ4n) is 4.42. The van der Waals surface area contributed by atoms with Gasteiger partial charge in [0.05, 0.1) is 20.3 Å². The molecule has 272 valence electrons. The van der Waals surface area contributed by atoms with E-state index in [1.807, 2.05) is 48.5 Å². The van der Waals surface area contributed by atoms with Crippen LogP contribution in [0.4, 0.5) is 9.93 Å². The highest BCUT2D eigenvalue weighted by atomic mass is 35.5. The van der Waals surface area contributed by atoms with Crippen molar-refractivity contribution >= 4 is 45.8 Å². The number of anilines is 1. The van der Waals surface area contributed by atoms with Crippen LogP contribution in [0.1, 0.15) is 63.2 Å². The van der Waals surface area contributed by atoms with Gasteiger partial charge in [0.1, 0.15) is 40.3 Å². The lowest BCUT2D eigenvalue weighted by Crippen LogP contribution is -2.38. The quantitative estimate of drug-likeness (QED) is 0.0493. The van der Waals surface area contributed by atoms with E-state index in [0.29, 0.717) is 11.5 Å². The number of aromatic nitrogens is 2. The number of pyridine rings is 1. The second-order valence-electron chi connectivity index (χ2n) is 12.3. The Hall–Kier alpha value is -5.28. The number of benzene rings is 2. The maximum absolute atomic E-state index is 12.3. The molecule has 0 saturated heterocycles. The van der Waals surface area contributed by atoms with E-state index in [2.05, 4.69) is 15.5 Å². The summed E-state index contributed by atoms with van der Waals surface area (Å²) in [6, 6.07) is 16.2. The molecule has 0 bridgehead atoms. The number of nitrogens with one attached hydrogen (secondary N) is 1. The fraction of sp³-hybridized carbons (Fsp3) is 0.343. The van der Waals surface area contributed by atoms with Gasteiger partial charge in [0.2, 0.25) is 17.6 Å². The lowest BCUT2D eigenvalue weighted by molar-refractivity contribution is -0.911.